The van der Waals surface area contributed by atoms with Crippen LogP contribution in [0, 0.1) is 0 Å². The van der Waals surface area contributed by atoms with E-state index >= 15 is 0 Å². The normalized spacial score (nSPS) is 12.7. The zero-order chi connectivity index (χ0) is 16.1. The molecule has 0 aliphatic heterocycles. The van der Waals surface area contributed by atoms with E-state index < -0.39 is 27.8 Å². The average molecular weight is 339 g/mol. The minimum absolute atomic E-state index is 0.128. The molecule has 0 radical (unpaired) electrons. The van der Waals surface area contributed by atoms with E-state index in [4.69, 9.17) is 24.3 Å². The van der Waals surface area contributed by atoms with Crippen molar-refractivity contribution in [2.24, 2.45) is 0 Å². The van der Waals surface area contributed by atoms with E-state index in [1.165, 1.54) is 7.11 Å². The third-order valence-electron chi connectivity index (χ3n) is 2.64. The summed E-state index contributed by atoms with van der Waals surface area (Å²) in [5.74, 6) is 0.682. The maximum Gasteiger partial charge on any atom is 0.339 e. The van der Waals surface area contributed by atoms with Crippen molar-refractivity contribution in [2.75, 3.05) is 26.2 Å². The molecule has 1 rings (SSSR count). The molecule has 21 heavy (non-hydrogen) atoms. The second kappa shape index (κ2) is 7.51. The molecule has 0 aliphatic rings. The summed E-state index contributed by atoms with van der Waals surface area (Å²) in [7, 11) is -7.22. The summed E-state index contributed by atoms with van der Waals surface area (Å²) in [4.78, 5) is 36.9. The maximum absolute atomic E-state index is 11.0. The molecule has 0 unspecified atom stereocenters. The highest BCUT2D eigenvalue weighted by atomic mass is 31.2. The zero-order valence-corrected chi connectivity index (χ0v) is 13.3. The van der Waals surface area contributed by atoms with Crippen LogP contribution in [-0.2, 0) is 15.6 Å². The number of hydrogen-bond acceptors (Lipinski definition) is 4. The van der Waals surface area contributed by atoms with Crippen molar-refractivity contribution in [3.05, 3.63) is 29.8 Å². The first-order valence-electron chi connectivity index (χ1n) is 6.03. The predicted molar refractivity (Wildman–Crippen MR) is 77.2 cm³/mol. The van der Waals surface area contributed by atoms with Gasteiger partial charge in [0, 0.05) is 6.54 Å². The van der Waals surface area contributed by atoms with Crippen LogP contribution in [0.2, 0.25) is 0 Å². The minimum Gasteiger partial charge on any atom is -0.497 e. The highest BCUT2D eigenvalue weighted by molar-refractivity contribution is 7.52. The van der Waals surface area contributed by atoms with Crippen molar-refractivity contribution in [1.82, 2.24) is 4.90 Å². The number of rotatable bonds is 8. The fourth-order valence-electron chi connectivity index (χ4n) is 1.79. The SMILES string of the molecule is COc1ccc(CCN(CP(=O)(O)O)CP(=O)(O)O)cc1. The van der Waals surface area contributed by atoms with Crippen molar-refractivity contribution in [1.29, 1.82) is 0 Å². The van der Waals surface area contributed by atoms with Crippen molar-refractivity contribution < 1.29 is 33.4 Å². The third-order valence-corrected chi connectivity index (χ3v) is 4.18. The Hall–Kier alpha value is -0.720. The van der Waals surface area contributed by atoms with Crippen LogP contribution in [0.15, 0.2) is 24.3 Å². The van der Waals surface area contributed by atoms with E-state index in [0.717, 1.165) is 10.5 Å². The predicted octanol–water partition coefficient (Wildman–Crippen LogP) is 0.810. The van der Waals surface area contributed by atoms with Crippen LogP contribution < -0.4 is 4.74 Å². The molecule has 0 saturated heterocycles. The van der Waals surface area contributed by atoms with Crippen molar-refractivity contribution >= 4 is 15.2 Å². The standard InChI is InChI=1S/C11H19NO7P2/c1-19-11-4-2-10(3-5-11)6-7-12(8-20(13,14)15)9-21(16,17)18/h2-5H,6-9H2,1H3,(H2,13,14,15)(H2,16,17,18). The highest BCUT2D eigenvalue weighted by Crippen LogP contribution is 2.40. The van der Waals surface area contributed by atoms with Crippen molar-refractivity contribution in [2.45, 2.75) is 6.42 Å². The molecule has 4 N–H and O–H groups in total. The monoisotopic (exact) mass is 339 g/mol. The summed E-state index contributed by atoms with van der Waals surface area (Å²) >= 11 is 0. The van der Waals surface area contributed by atoms with Gasteiger partial charge in [-0.05, 0) is 24.1 Å². The molecule has 0 bridgehead atoms. The van der Waals surface area contributed by atoms with Gasteiger partial charge in [0.25, 0.3) is 0 Å². The Morgan fingerprint density at radius 1 is 1.00 bits per heavy atom. The van der Waals surface area contributed by atoms with Gasteiger partial charge in [-0.3, -0.25) is 14.0 Å². The first-order chi connectivity index (χ1) is 9.59. The van der Waals surface area contributed by atoms with Crippen molar-refractivity contribution in [3.63, 3.8) is 0 Å². The summed E-state index contributed by atoms with van der Waals surface area (Å²) in [5.41, 5.74) is 0.872. The van der Waals surface area contributed by atoms with Crippen LogP contribution in [0.25, 0.3) is 0 Å². The molecular formula is C11H19NO7P2. The molecule has 0 heterocycles. The smallest absolute Gasteiger partial charge is 0.339 e. The van der Waals surface area contributed by atoms with Gasteiger partial charge in [-0.2, -0.15) is 0 Å². The Morgan fingerprint density at radius 3 is 1.86 bits per heavy atom. The Balaban J connectivity index is 2.67. The number of benzene rings is 1. The lowest BCUT2D eigenvalue weighted by atomic mass is 10.1. The molecule has 0 amide bonds. The molecule has 0 saturated carbocycles. The van der Waals surface area contributed by atoms with Crippen LogP contribution in [-0.4, -0.2) is 50.7 Å². The van der Waals surface area contributed by atoms with Gasteiger partial charge in [0.15, 0.2) is 0 Å². The lowest BCUT2D eigenvalue weighted by Crippen LogP contribution is -2.28. The average Bonchev–Trinajstić information content (AvgIpc) is 2.33. The number of ether oxygens (including phenoxy) is 1. The van der Waals surface area contributed by atoms with Gasteiger partial charge < -0.3 is 24.3 Å². The van der Waals surface area contributed by atoms with E-state index in [2.05, 4.69) is 0 Å². The lowest BCUT2D eigenvalue weighted by Gasteiger charge is -2.22. The molecule has 10 heteroatoms. The van der Waals surface area contributed by atoms with Crippen LogP contribution in [0.4, 0.5) is 0 Å². The summed E-state index contributed by atoms with van der Waals surface area (Å²) in [5, 5.41) is 0. The van der Waals surface area contributed by atoms with E-state index in [1.807, 2.05) is 0 Å². The number of hydrogen-bond donors (Lipinski definition) is 4. The van der Waals surface area contributed by atoms with Crippen LogP contribution in [0.3, 0.4) is 0 Å². The molecule has 8 nitrogen and oxygen atoms in total. The van der Waals surface area contributed by atoms with Crippen LogP contribution >= 0.6 is 15.2 Å². The van der Waals surface area contributed by atoms with Gasteiger partial charge >= 0.3 is 15.2 Å². The number of methoxy groups -OCH3 is 1. The minimum atomic E-state index is -4.38. The third kappa shape index (κ3) is 8.34. The summed E-state index contributed by atoms with van der Waals surface area (Å²) in [6.07, 6.45) is -0.966. The summed E-state index contributed by atoms with van der Waals surface area (Å²) in [6, 6.07) is 7.05. The zero-order valence-electron chi connectivity index (χ0n) is 11.5. The summed E-state index contributed by atoms with van der Waals surface area (Å²) < 4.78 is 27.0. The van der Waals surface area contributed by atoms with E-state index in [9.17, 15) is 9.13 Å². The largest absolute Gasteiger partial charge is 0.497 e. The topological polar surface area (TPSA) is 128 Å². The van der Waals surface area contributed by atoms with E-state index in [-0.39, 0.29) is 6.54 Å². The Morgan fingerprint density at radius 2 is 1.48 bits per heavy atom. The van der Waals surface area contributed by atoms with Crippen LogP contribution in [0.5, 0.6) is 5.75 Å². The molecule has 1 aromatic rings. The fraction of sp³-hybridized carbons (Fsp3) is 0.455. The summed E-state index contributed by atoms with van der Waals surface area (Å²) in [6.45, 7) is 0.128. The van der Waals surface area contributed by atoms with Gasteiger partial charge in [-0.15, -0.1) is 0 Å². The first-order valence-corrected chi connectivity index (χ1v) is 9.63. The number of nitrogens with zero attached hydrogens (tertiary/aromatic N) is 1. The Kier molecular flexibility index (Phi) is 6.56. The Bertz CT molecular complexity index is 512. The van der Waals surface area contributed by atoms with Gasteiger partial charge in [0.1, 0.15) is 18.3 Å². The molecule has 0 atom stereocenters. The van der Waals surface area contributed by atoms with Crippen LogP contribution in [0.1, 0.15) is 5.56 Å². The molecule has 0 aromatic heterocycles. The van der Waals surface area contributed by atoms with Gasteiger partial charge in [-0.1, -0.05) is 12.1 Å². The molecule has 1 aromatic carbocycles. The molecule has 0 spiro atoms. The first kappa shape index (κ1) is 18.3. The molecule has 120 valence electrons. The second-order valence-electron chi connectivity index (χ2n) is 4.60. The molecule has 0 aliphatic carbocycles. The molecular weight excluding hydrogens is 320 g/mol. The maximum atomic E-state index is 11.0. The Labute approximate surface area is 122 Å². The van der Waals surface area contributed by atoms with E-state index in [0.29, 0.717) is 12.2 Å². The highest BCUT2D eigenvalue weighted by Gasteiger charge is 2.25. The fourth-order valence-corrected chi connectivity index (χ4v) is 3.47. The quantitative estimate of drug-likeness (QED) is 0.512. The second-order valence-corrected chi connectivity index (χ2v) is 7.83. The van der Waals surface area contributed by atoms with Gasteiger partial charge in [0.2, 0.25) is 0 Å². The lowest BCUT2D eigenvalue weighted by molar-refractivity contribution is 0.279. The van der Waals surface area contributed by atoms with Crippen molar-refractivity contribution in [3.8, 4) is 5.75 Å². The van der Waals surface area contributed by atoms with Gasteiger partial charge in [0.05, 0.1) is 7.11 Å². The van der Waals surface area contributed by atoms with E-state index in [1.54, 1.807) is 24.3 Å². The van der Waals surface area contributed by atoms with Gasteiger partial charge in [-0.25, -0.2) is 0 Å². The molecule has 0 fully saturated rings.